The van der Waals surface area contributed by atoms with Gasteiger partial charge in [-0.15, -0.1) is 0 Å². The number of Topliss-reactive ketones (excluding diaryl/α,β-unsaturated/α-hetero) is 4. The van der Waals surface area contributed by atoms with Crippen molar-refractivity contribution in [3.63, 3.8) is 0 Å². The lowest BCUT2D eigenvalue weighted by molar-refractivity contribution is -0.136. The van der Waals surface area contributed by atoms with Gasteiger partial charge in [-0.1, -0.05) is 67.0 Å². The average molecular weight is 1220 g/mol. The van der Waals surface area contributed by atoms with Crippen LogP contribution in [0.1, 0.15) is 150 Å². The zero-order chi connectivity index (χ0) is 65.3. The summed E-state index contributed by atoms with van der Waals surface area (Å²) in [6.45, 7) is 12.4. The number of phenols is 1. The van der Waals surface area contributed by atoms with Gasteiger partial charge in [0, 0.05) is 87.3 Å². The molecule has 0 fully saturated rings. The van der Waals surface area contributed by atoms with Crippen molar-refractivity contribution in [2.75, 3.05) is 26.2 Å². The van der Waals surface area contributed by atoms with Crippen LogP contribution in [-0.4, -0.2) is 141 Å². The molecule has 0 spiro atoms. The monoisotopic (exact) mass is 1220 g/mol. The van der Waals surface area contributed by atoms with E-state index in [1.807, 2.05) is 41.5 Å². The Labute approximate surface area is 511 Å². The highest BCUT2D eigenvalue weighted by molar-refractivity contribution is 5.98. The Morgan fingerprint density at radius 2 is 0.966 bits per heavy atom. The van der Waals surface area contributed by atoms with E-state index in [1.165, 1.54) is 24.7 Å². The van der Waals surface area contributed by atoms with Crippen molar-refractivity contribution in [1.29, 1.82) is 0 Å². The van der Waals surface area contributed by atoms with Crippen LogP contribution in [0, 0.1) is 47.3 Å². The second-order valence-electron chi connectivity index (χ2n) is 23.5. The number of hydrogen-bond donors (Lipinski definition) is 14. The largest absolute Gasteiger partial charge is 0.508 e. The lowest BCUT2D eigenvalue weighted by atomic mass is 9.85. The van der Waals surface area contributed by atoms with Crippen LogP contribution in [0.4, 0.5) is 0 Å². The van der Waals surface area contributed by atoms with Crippen molar-refractivity contribution in [2.45, 2.75) is 175 Å². The molecule has 0 aliphatic heterocycles. The lowest BCUT2D eigenvalue weighted by Gasteiger charge is -2.27. The van der Waals surface area contributed by atoms with Gasteiger partial charge in [-0.3, -0.25) is 58.1 Å². The number of aliphatic hydroxyl groups is 1. The topological polar surface area (TPSA) is 490 Å². The van der Waals surface area contributed by atoms with Crippen LogP contribution in [0.25, 0.3) is 0 Å². The SMILES string of the molecule is CC[C@@H](Cc1ccc(O)cc1)C(=O)N[C@@H](CCCN=C(N)N)C(=O)C[C@@H](Cc1cnc[nH]1)C(=O)N[C@@H](CCCN=C(N)N)C(=O)C[C@@H](CCCN=C(N)N)C(=O)N[C@@H](CC(C)C)C(=O)C[C@@H](CC(C)C)C(=O)N[C@@H](CO)C(=O)C[C@H](C(N)=O)[C@@H](C)CC. The molecule has 0 saturated heterocycles. The molecule has 1 heterocycles. The van der Waals surface area contributed by atoms with Crippen LogP contribution in [0.15, 0.2) is 51.8 Å². The van der Waals surface area contributed by atoms with Crippen molar-refractivity contribution in [2.24, 2.45) is 102 Å². The van der Waals surface area contributed by atoms with Crippen LogP contribution in [0.3, 0.4) is 0 Å². The molecule has 10 atom stereocenters. The summed E-state index contributed by atoms with van der Waals surface area (Å²) in [5.74, 6) is -11.0. The summed E-state index contributed by atoms with van der Waals surface area (Å²) in [4.78, 5) is 146. The van der Waals surface area contributed by atoms with Crippen LogP contribution in [0.2, 0.25) is 0 Å². The first-order valence-electron chi connectivity index (χ1n) is 30.2. The van der Waals surface area contributed by atoms with Crippen LogP contribution in [-0.2, 0) is 56.0 Å². The smallest absolute Gasteiger partial charge is 0.224 e. The van der Waals surface area contributed by atoms with Gasteiger partial charge in [0.2, 0.25) is 29.5 Å². The summed E-state index contributed by atoms with van der Waals surface area (Å²) in [7, 11) is 0. The summed E-state index contributed by atoms with van der Waals surface area (Å²) < 4.78 is 0. The predicted octanol–water partition coefficient (Wildman–Crippen LogP) is 0.944. The lowest BCUT2D eigenvalue weighted by Crippen LogP contribution is -2.50. The molecule has 2 rings (SSSR count). The van der Waals surface area contributed by atoms with Crippen molar-refractivity contribution in [3.05, 3.63) is 48.0 Å². The van der Waals surface area contributed by atoms with E-state index in [2.05, 4.69) is 46.2 Å². The van der Waals surface area contributed by atoms with Crippen LogP contribution >= 0.6 is 0 Å². The van der Waals surface area contributed by atoms with Gasteiger partial charge in [0.15, 0.2) is 41.0 Å². The number of imidazole rings is 1. The number of H-pyrrole nitrogens is 1. The fourth-order valence-corrected chi connectivity index (χ4v) is 10.1. The molecule has 1 aromatic heterocycles. The number of amides is 5. The Hall–Kier alpha value is -7.97. The molecule has 0 bridgehead atoms. The van der Waals surface area contributed by atoms with E-state index in [0.29, 0.717) is 25.0 Å². The molecule has 0 aliphatic carbocycles. The number of carbonyl (C=O) groups excluding carboxylic acids is 9. The van der Waals surface area contributed by atoms with Gasteiger partial charge in [-0.2, -0.15) is 0 Å². The molecule has 0 saturated carbocycles. The minimum Gasteiger partial charge on any atom is -0.508 e. The maximum atomic E-state index is 14.8. The summed E-state index contributed by atoms with van der Waals surface area (Å²) >= 11 is 0. The highest BCUT2D eigenvalue weighted by Gasteiger charge is 2.37. The normalized spacial score (nSPS) is 14.7. The first kappa shape index (κ1) is 75.1. The summed E-state index contributed by atoms with van der Waals surface area (Å²) in [5.41, 5.74) is 40.5. The highest BCUT2D eigenvalue weighted by atomic mass is 16.3. The van der Waals surface area contributed by atoms with Gasteiger partial charge in [-0.05, 0) is 99.7 Å². The van der Waals surface area contributed by atoms with Crippen LogP contribution in [0.5, 0.6) is 5.75 Å². The molecule has 27 heteroatoms. The summed E-state index contributed by atoms with van der Waals surface area (Å²) in [6.07, 6.45) is 3.74. The molecule has 87 heavy (non-hydrogen) atoms. The van der Waals surface area contributed by atoms with Crippen molar-refractivity contribution in [1.82, 2.24) is 31.2 Å². The van der Waals surface area contributed by atoms with Crippen molar-refractivity contribution < 1.29 is 53.4 Å². The maximum Gasteiger partial charge on any atom is 0.224 e. The minimum absolute atomic E-state index is 0.0165. The third-order valence-electron chi connectivity index (χ3n) is 15.2. The number of nitrogens with one attached hydrogen (secondary N) is 5. The van der Waals surface area contributed by atoms with Gasteiger partial charge in [-0.25, -0.2) is 4.98 Å². The molecule has 5 amide bonds. The van der Waals surface area contributed by atoms with E-state index >= 15 is 0 Å². The number of guanidine groups is 3. The number of hydrogen-bond acceptors (Lipinski definition) is 15. The second-order valence-corrected chi connectivity index (χ2v) is 23.5. The molecular formula is C60H100N16O11. The number of aliphatic hydroxyl groups excluding tert-OH is 1. The molecule has 2 aromatic rings. The van der Waals surface area contributed by atoms with Gasteiger partial charge >= 0.3 is 0 Å². The zero-order valence-electron chi connectivity index (χ0n) is 51.9. The van der Waals surface area contributed by atoms with Gasteiger partial charge < -0.3 is 76.6 Å². The number of aromatic hydroxyl groups is 1. The van der Waals surface area contributed by atoms with Crippen molar-refractivity contribution >= 4 is 70.5 Å². The Bertz CT molecular complexity index is 2600. The number of carbonyl (C=O) groups is 9. The number of primary amides is 1. The molecule has 0 radical (unpaired) electrons. The van der Waals surface area contributed by atoms with E-state index in [0.717, 1.165) is 5.56 Å². The van der Waals surface area contributed by atoms with E-state index in [9.17, 15) is 53.4 Å². The number of benzene rings is 1. The summed E-state index contributed by atoms with van der Waals surface area (Å²) in [5, 5.41) is 31.3. The number of nitrogens with zero attached hydrogens (tertiary/aromatic N) is 4. The highest BCUT2D eigenvalue weighted by Crippen LogP contribution is 2.25. The average Bonchev–Trinajstić information content (AvgIpc) is 3.38. The molecule has 486 valence electrons. The van der Waals surface area contributed by atoms with Crippen molar-refractivity contribution in [3.8, 4) is 5.75 Å². The number of aliphatic imine (C=N–C) groups is 3. The van der Waals surface area contributed by atoms with E-state index < -0.39 is 126 Å². The standard InChI is InChI=1S/C60H100N16O11/c1-8-36(7)44(53(61)83)30-52(82)48(32-77)76-56(86)40(23-34(3)4)28-51(81)47(24-35(5)6)75-55(85)39(13-10-20-69-58(62)63)27-49(79)45(14-11-21-70-59(64)65)74-57(87)41(26-42-31-68-33-72-42)29-50(80)46(15-12-22-71-60(66)67)73-54(84)38(9-2)25-37-16-18-43(78)19-17-37/h16-19,31,33-36,38-41,44-48,77-78H,8-15,20-30,32H2,1-7H3,(H2,61,83)(H,68,72)(H,73,84)(H,74,87)(H,75,85)(H,76,86)(H4,62,63,69)(H4,64,65,70)(H4,66,67,71)/t36-,38-,39+,40+,41+,44-,45-,46-,47-,48-/m0/s1. The van der Waals surface area contributed by atoms with Gasteiger partial charge in [0.1, 0.15) is 11.8 Å². The van der Waals surface area contributed by atoms with Gasteiger partial charge in [0.25, 0.3) is 0 Å². The first-order valence-corrected chi connectivity index (χ1v) is 30.2. The Kier molecular flexibility index (Phi) is 34.3. The molecule has 0 unspecified atom stereocenters. The van der Waals surface area contributed by atoms with Gasteiger partial charge in [0.05, 0.1) is 37.0 Å². The molecule has 1 aromatic carbocycles. The second kappa shape index (κ2) is 39.7. The Morgan fingerprint density at radius 3 is 1.43 bits per heavy atom. The predicted molar refractivity (Wildman–Crippen MR) is 332 cm³/mol. The summed E-state index contributed by atoms with van der Waals surface area (Å²) in [6, 6.07) is 1.56. The third kappa shape index (κ3) is 29.3. The minimum atomic E-state index is -1.38. The van der Waals surface area contributed by atoms with E-state index in [-0.39, 0.29) is 132 Å². The van der Waals surface area contributed by atoms with E-state index in [4.69, 9.17) is 40.1 Å². The number of phenolic OH excluding ortho intramolecular Hbond substituents is 1. The fourth-order valence-electron chi connectivity index (χ4n) is 10.1. The number of rotatable bonds is 45. The first-order chi connectivity index (χ1) is 41.1. The van der Waals surface area contributed by atoms with E-state index in [1.54, 1.807) is 19.1 Å². The quantitative estimate of drug-likeness (QED) is 0.0249. The number of ketones is 4. The molecule has 0 aliphatic rings. The number of nitrogens with two attached hydrogens (primary N) is 7. The number of aromatic nitrogens is 2. The molecular weight excluding hydrogens is 1120 g/mol. The maximum absolute atomic E-state index is 14.8. The fraction of sp³-hybridized carbons (Fsp3) is 0.650. The zero-order valence-corrected chi connectivity index (χ0v) is 51.9. The number of aromatic amines is 1. The Balaban J connectivity index is 2.57. The van der Waals surface area contributed by atoms with Crippen LogP contribution < -0.4 is 61.4 Å². The molecule has 27 nitrogen and oxygen atoms in total. The third-order valence-corrected chi connectivity index (χ3v) is 15.2. The molecule has 21 N–H and O–H groups in total. The Morgan fingerprint density at radius 1 is 0.529 bits per heavy atom.